The summed E-state index contributed by atoms with van der Waals surface area (Å²) in [5, 5.41) is 3.58. The summed E-state index contributed by atoms with van der Waals surface area (Å²) in [6.45, 7) is 4.61. The van der Waals surface area contributed by atoms with Crippen LogP contribution in [0, 0.1) is 6.92 Å². The largest absolute Gasteiger partial charge is 0.481 e. The number of amides is 1. The molecule has 0 heterocycles. The average Bonchev–Trinajstić information content (AvgIpc) is 2.59. The number of ether oxygens (including phenoxy) is 1. The monoisotopic (exact) mass is 363 g/mol. The number of carbonyl (C=O) groups excluding carboxylic acids is 1. The Labute approximate surface area is 152 Å². The van der Waals surface area contributed by atoms with Crippen LogP contribution in [-0.2, 0) is 4.79 Å². The number of aryl methyl sites for hydroxylation is 1. The first-order chi connectivity index (χ1) is 11.6. The molecule has 1 amide bonds. The number of hydrogen-bond acceptors (Lipinski definition) is 3. The number of nitrogens with one attached hydrogen (secondary N) is 1. The number of carbonyl (C=O) groups is 1. The molecule has 0 aliphatic heterocycles. The zero-order valence-corrected chi connectivity index (χ0v) is 15.5. The Kier molecular flexibility index (Phi) is 7.47. The number of benzene rings is 2. The maximum absolute atomic E-state index is 12.2. The van der Waals surface area contributed by atoms with E-state index in [-0.39, 0.29) is 5.91 Å². The first-order valence-corrected chi connectivity index (χ1v) is 9.34. The SMILES string of the molecule is CC[C@@H](Oc1ccc(Cl)cc1)C(=O)NCCSc1ccc(C)cc1. The quantitative estimate of drug-likeness (QED) is 0.545. The standard InChI is InChI=1S/C19H22ClNO2S/c1-3-18(23-16-8-6-15(20)7-9-16)19(22)21-12-13-24-17-10-4-14(2)5-11-17/h4-11,18H,3,12-13H2,1-2H3,(H,21,22)/t18-/m1/s1. The van der Waals surface area contributed by atoms with Crippen LogP contribution in [0.5, 0.6) is 5.75 Å². The van der Waals surface area contributed by atoms with E-state index in [0.29, 0.717) is 23.7 Å². The molecule has 0 bridgehead atoms. The van der Waals surface area contributed by atoms with Gasteiger partial charge in [-0.3, -0.25) is 4.79 Å². The second-order valence-corrected chi connectivity index (χ2v) is 7.03. The molecule has 2 aromatic rings. The van der Waals surface area contributed by atoms with Crippen molar-refractivity contribution in [1.29, 1.82) is 0 Å². The van der Waals surface area contributed by atoms with E-state index in [9.17, 15) is 4.79 Å². The summed E-state index contributed by atoms with van der Waals surface area (Å²) >= 11 is 7.58. The number of hydrogen-bond donors (Lipinski definition) is 1. The molecule has 0 fully saturated rings. The topological polar surface area (TPSA) is 38.3 Å². The third kappa shape index (κ3) is 6.10. The van der Waals surface area contributed by atoms with E-state index >= 15 is 0 Å². The maximum Gasteiger partial charge on any atom is 0.261 e. The summed E-state index contributed by atoms with van der Waals surface area (Å²) in [4.78, 5) is 13.4. The fraction of sp³-hybridized carbons (Fsp3) is 0.316. The van der Waals surface area contributed by atoms with E-state index in [4.69, 9.17) is 16.3 Å². The first-order valence-electron chi connectivity index (χ1n) is 7.98. The van der Waals surface area contributed by atoms with E-state index in [0.717, 1.165) is 5.75 Å². The minimum atomic E-state index is -0.490. The van der Waals surface area contributed by atoms with Crippen LogP contribution in [0.4, 0.5) is 0 Å². The van der Waals surface area contributed by atoms with Gasteiger partial charge in [-0.15, -0.1) is 11.8 Å². The molecule has 0 aromatic heterocycles. The highest BCUT2D eigenvalue weighted by atomic mass is 35.5. The summed E-state index contributed by atoms with van der Waals surface area (Å²) in [7, 11) is 0. The molecule has 128 valence electrons. The molecule has 0 aliphatic carbocycles. The highest BCUT2D eigenvalue weighted by Gasteiger charge is 2.17. The van der Waals surface area contributed by atoms with Crippen molar-refractivity contribution >= 4 is 29.3 Å². The van der Waals surface area contributed by atoms with E-state index in [1.165, 1.54) is 10.5 Å². The number of thioether (sulfide) groups is 1. The van der Waals surface area contributed by atoms with Gasteiger partial charge in [0.05, 0.1) is 0 Å². The molecule has 0 saturated carbocycles. The van der Waals surface area contributed by atoms with Gasteiger partial charge < -0.3 is 10.1 Å². The molecule has 0 spiro atoms. The summed E-state index contributed by atoms with van der Waals surface area (Å²) in [5.74, 6) is 1.39. The normalized spacial score (nSPS) is 11.8. The summed E-state index contributed by atoms with van der Waals surface area (Å²) in [6.07, 6.45) is 0.120. The zero-order chi connectivity index (χ0) is 17.4. The predicted octanol–water partition coefficient (Wildman–Crippen LogP) is 4.71. The third-order valence-electron chi connectivity index (χ3n) is 3.45. The van der Waals surface area contributed by atoms with Crippen LogP contribution < -0.4 is 10.1 Å². The molecule has 5 heteroatoms. The lowest BCUT2D eigenvalue weighted by Crippen LogP contribution is -2.39. The van der Waals surface area contributed by atoms with Crippen molar-refractivity contribution in [1.82, 2.24) is 5.32 Å². The van der Waals surface area contributed by atoms with E-state index in [1.807, 2.05) is 6.92 Å². The lowest BCUT2D eigenvalue weighted by atomic mass is 10.2. The van der Waals surface area contributed by atoms with E-state index in [2.05, 4.69) is 36.5 Å². The van der Waals surface area contributed by atoms with Crippen molar-refractivity contribution in [3.8, 4) is 5.75 Å². The van der Waals surface area contributed by atoms with Crippen molar-refractivity contribution in [2.75, 3.05) is 12.3 Å². The molecule has 3 nitrogen and oxygen atoms in total. The summed E-state index contributed by atoms with van der Waals surface area (Å²) in [5.41, 5.74) is 1.25. The minimum absolute atomic E-state index is 0.0862. The van der Waals surface area contributed by atoms with Crippen molar-refractivity contribution in [2.24, 2.45) is 0 Å². The zero-order valence-electron chi connectivity index (χ0n) is 13.9. The molecule has 2 rings (SSSR count). The minimum Gasteiger partial charge on any atom is -0.481 e. The third-order valence-corrected chi connectivity index (χ3v) is 4.71. The predicted molar refractivity (Wildman–Crippen MR) is 101 cm³/mol. The highest BCUT2D eigenvalue weighted by Crippen LogP contribution is 2.19. The van der Waals surface area contributed by atoms with Gasteiger partial charge in [0, 0.05) is 22.2 Å². The molecule has 0 aliphatic rings. The lowest BCUT2D eigenvalue weighted by Gasteiger charge is -2.17. The van der Waals surface area contributed by atoms with Gasteiger partial charge in [-0.25, -0.2) is 0 Å². The lowest BCUT2D eigenvalue weighted by molar-refractivity contribution is -0.127. The Morgan fingerprint density at radius 2 is 1.83 bits per heavy atom. The Bertz CT molecular complexity index is 643. The molecule has 2 aromatic carbocycles. The molecular weight excluding hydrogens is 342 g/mol. The number of halogens is 1. The molecule has 24 heavy (non-hydrogen) atoms. The Balaban J connectivity index is 1.75. The van der Waals surface area contributed by atoms with Crippen LogP contribution in [-0.4, -0.2) is 24.3 Å². The fourth-order valence-electron chi connectivity index (χ4n) is 2.09. The van der Waals surface area contributed by atoms with Gasteiger partial charge in [0.1, 0.15) is 5.75 Å². The molecule has 0 radical (unpaired) electrons. The molecule has 0 unspecified atom stereocenters. The maximum atomic E-state index is 12.2. The van der Waals surface area contributed by atoms with Gasteiger partial charge >= 0.3 is 0 Å². The Hall–Kier alpha value is -1.65. The first kappa shape index (κ1) is 18.7. The molecule has 1 atom stereocenters. The van der Waals surface area contributed by atoms with Crippen LogP contribution in [0.1, 0.15) is 18.9 Å². The van der Waals surface area contributed by atoms with Gasteiger partial charge in [0.2, 0.25) is 0 Å². The fourth-order valence-corrected chi connectivity index (χ4v) is 2.99. The van der Waals surface area contributed by atoms with Crippen molar-refractivity contribution < 1.29 is 9.53 Å². The van der Waals surface area contributed by atoms with Crippen LogP contribution in [0.15, 0.2) is 53.4 Å². The second kappa shape index (κ2) is 9.60. The van der Waals surface area contributed by atoms with Crippen LogP contribution in [0.2, 0.25) is 5.02 Å². The molecule has 0 saturated heterocycles. The summed E-state index contributed by atoms with van der Waals surface area (Å²) in [6, 6.07) is 15.4. The van der Waals surface area contributed by atoms with Gasteiger partial charge in [0.15, 0.2) is 6.10 Å². The van der Waals surface area contributed by atoms with E-state index in [1.54, 1.807) is 36.0 Å². The van der Waals surface area contributed by atoms with Gasteiger partial charge in [-0.1, -0.05) is 36.2 Å². The van der Waals surface area contributed by atoms with Crippen LogP contribution >= 0.6 is 23.4 Å². The average molecular weight is 364 g/mol. The second-order valence-electron chi connectivity index (χ2n) is 5.42. The van der Waals surface area contributed by atoms with Gasteiger partial charge in [-0.2, -0.15) is 0 Å². The Morgan fingerprint density at radius 1 is 1.17 bits per heavy atom. The van der Waals surface area contributed by atoms with Crippen molar-refractivity contribution in [3.05, 3.63) is 59.1 Å². The van der Waals surface area contributed by atoms with Gasteiger partial charge in [-0.05, 0) is 49.7 Å². The van der Waals surface area contributed by atoms with Crippen LogP contribution in [0.25, 0.3) is 0 Å². The van der Waals surface area contributed by atoms with Gasteiger partial charge in [0.25, 0.3) is 5.91 Å². The smallest absolute Gasteiger partial charge is 0.261 e. The summed E-state index contributed by atoms with van der Waals surface area (Å²) < 4.78 is 5.73. The van der Waals surface area contributed by atoms with Crippen molar-refractivity contribution in [2.45, 2.75) is 31.3 Å². The number of rotatable bonds is 8. The molecular formula is C19H22ClNO2S. The highest BCUT2D eigenvalue weighted by molar-refractivity contribution is 7.99. The Morgan fingerprint density at radius 3 is 2.46 bits per heavy atom. The van der Waals surface area contributed by atoms with Crippen molar-refractivity contribution in [3.63, 3.8) is 0 Å². The van der Waals surface area contributed by atoms with E-state index < -0.39 is 6.10 Å². The van der Waals surface area contributed by atoms with Crippen LogP contribution in [0.3, 0.4) is 0 Å². The molecule has 1 N–H and O–H groups in total.